The van der Waals surface area contributed by atoms with Crippen molar-refractivity contribution in [1.29, 1.82) is 0 Å². The van der Waals surface area contributed by atoms with Gasteiger partial charge in [0.1, 0.15) is 0 Å². The molecule has 0 fully saturated rings. The molecule has 0 atom stereocenters. The zero-order chi connectivity index (χ0) is 16.5. The van der Waals surface area contributed by atoms with Gasteiger partial charge in [0.15, 0.2) is 0 Å². The van der Waals surface area contributed by atoms with Crippen molar-refractivity contribution in [2.24, 2.45) is 5.41 Å². The number of ether oxygens (including phenoxy) is 1. The monoisotopic (exact) mass is 322 g/mol. The van der Waals surface area contributed by atoms with E-state index in [0.717, 1.165) is 30.0 Å². The summed E-state index contributed by atoms with van der Waals surface area (Å²) in [4.78, 5) is 11.0. The molecule has 21 heavy (non-hydrogen) atoms. The van der Waals surface area contributed by atoms with Crippen molar-refractivity contribution in [2.45, 2.75) is 52.9 Å². The van der Waals surface area contributed by atoms with Crippen LogP contribution in [0.1, 0.15) is 52.9 Å². The van der Waals surface area contributed by atoms with Crippen LogP contribution in [0.4, 0.5) is 0 Å². The van der Waals surface area contributed by atoms with Crippen molar-refractivity contribution in [1.82, 2.24) is 9.03 Å². The van der Waals surface area contributed by atoms with E-state index in [1.54, 1.807) is 0 Å². The zero-order valence-corrected chi connectivity index (χ0v) is 14.8. The number of rotatable bonds is 11. The van der Waals surface area contributed by atoms with Crippen molar-refractivity contribution in [2.75, 3.05) is 27.2 Å². The molecule has 7 heteroatoms. The molecular weight excluding hydrogens is 292 g/mol. The summed E-state index contributed by atoms with van der Waals surface area (Å²) in [7, 11) is -0.813. The molecule has 0 saturated carbocycles. The van der Waals surface area contributed by atoms with Crippen LogP contribution in [0.3, 0.4) is 0 Å². The topological polar surface area (TPSA) is 75.7 Å². The molecule has 0 aliphatic heterocycles. The second-order valence-electron chi connectivity index (χ2n) is 6.10. The molecule has 6 nitrogen and oxygen atoms in total. The third-order valence-corrected chi connectivity index (χ3v) is 4.97. The van der Waals surface area contributed by atoms with E-state index in [2.05, 4.69) is 30.2 Å². The molecule has 0 unspecified atom stereocenters. The lowest BCUT2D eigenvalue weighted by atomic mass is 9.87. The molecule has 0 aromatic rings. The highest BCUT2D eigenvalue weighted by molar-refractivity contribution is 7.87. The van der Waals surface area contributed by atoms with E-state index in [1.807, 2.05) is 0 Å². The van der Waals surface area contributed by atoms with Crippen LogP contribution in [-0.2, 0) is 19.7 Å². The quantitative estimate of drug-likeness (QED) is 0.466. The van der Waals surface area contributed by atoms with Crippen LogP contribution >= 0.6 is 0 Å². The summed E-state index contributed by atoms with van der Waals surface area (Å²) in [5.74, 6) is -0.419. The largest absolute Gasteiger partial charge is 0.469 e. The fourth-order valence-corrected chi connectivity index (χ4v) is 2.93. The van der Waals surface area contributed by atoms with Gasteiger partial charge in [-0.3, -0.25) is 4.79 Å². The molecule has 0 radical (unpaired) electrons. The van der Waals surface area contributed by atoms with Crippen molar-refractivity contribution < 1.29 is 17.9 Å². The van der Waals surface area contributed by atoms with Crippen LogP contribution in [0.15, 0.2) is 0 Å². The smallest absolute Gasteiger partial charge is 0.306 e. The van der Waals surface area contributed by atoms with Gasteiger partial charge in [0, 0.05) is 20.1 Å². The number of carbonyl (C=O) groups is 1. The Morgan fingerprint density at radius 3 is 2.43 bits per heavy atom. The number of methoxy groups -OCH3 is 1. The normalized spacial score (nSPS) is 12.7. The Morgan fingerprint density at radius 2 is 1.90 bits per heavy atom. The molecule has 0 aliphatic carbocycles. The average molecular weight is 322 g/mol. The van der Waals surface area contributed by atoms with Gasteiger partial charge >= 0.3 is 5.97 Å². The van der Waals surface area contributed by atoms with Crippen LogP contribution in [0, 0.1) is 5.41 Å². The minimum absolute atomic E-state index is 0.0494. The van der Waals surface area contributed by atoms with Gasteiger partial charge in [0.2, 0.25) is 0 Å². The van der Waals surface area contributed by atoms with E-state index in [4.69, 9.17) is 0 Å². The molecule has 0 rings (SSSR count). The molecular formula is C14H30N2O4S. The number of hydrogen-bond donors (Lipinski definition) is 1. The maximum atomic E-state index is 12.1. The molecule has 0 spiro atoms. The summed E-state index contributed by atoms with van der Waals surface area (Å²) in [5.41, 5.74) is -0.0779. The first-order chi connectivity index (χ1) is 9.64. The Labute approximate surface area is 129 Å². The third kappa shape index (κ3) is 9.06. The van der Waals surface area contributed by atoms with Gasteiger partial charge < -0.3 is 4.74 Å². The molecule has 0 heterocycles. The Kier molecular flexibility index (Phi) is 9.08. The molecule has 0 aliphatic rings. The molecule has 0 amide bonds. The zero-order valence-electron chi connectivity index (χ0n) is 13.9. The van der Waals surface area contributed by atoms with Gasteiger partial charge in [-0.05, 0) is 11.8 Å². The first-order valence-corrected chi connectivity index (χ1v) is 8.86. The van der Waals surface area contributed by atoms with Crippen molar-refractivity contribution in [3.63, 3.8) is 0 Å². The molecule has 1 N–H and O–H groups in total. The van der Waals surface area contributed by atoms with Crippen LogP contribution < -0.4 is 4.72 Å². The predicted molar refractivity (Wildman–Crippen MR) is 84.1 cm³/mol. The molecule has 126 valence electrons. The summed E-state index contributed by atoms with van der Waals surface area (Å²) in [6.07, 6.45) is 4.44. The highest BCUT2D eigenvalue weighted by Gasteiger charge is 2.23. The van der Waals surface area contributed by atoms with E-state index < -0.39 is 16.2 Å². The Morgan fingerprint density at radius 1 is 1.29 bits per heavy atom. The van der Waals surface area contributed by atoms with E-state index >= 15 is 0 Å². The number of carbonyl (C=O) groups excluding carboxylic acids is 1. The minimum Gasteiger partial charge on any atom is -0.469 e. The average Bonchev–Trinajstić information content (AvgIpc) is 2.42. The van der Waals surface area contributed by atoms with Gasteiger partial charge in [-0.2, -0.15) is 12.7 Å². The van der Waals surface area contributed by atoms with E-state index in [1.165, 1.54) is 14.2 Å². The first kappa shape index (κ1) is 20.3. The first-order valence-electron chi connectivity index (χ1n) is 7.42. The third-order valence-electron chi connectivity index (χ3n) is 3.46. The summed E-state index contributed by atoms with van der Waals surface area (Å²) in [6, 6.07) is 0. The van der Waals surface area contributed by atoms with Gasteiger partial charge in [0.25, 0.3) is 10.2 Å². The van der Waals surface area contributed by atoms with Crippen molar-refractivity contribution >= 4 is 16.2 Å². The van der Waals surface area contributed by atoms with Gasteiger partial charge in [-0.1, -0.05) is 40.0 Å². The second kappa shape index (κ2) is 9.38. The lowest BCUT2D eigenvalue weighted by Crippen LogP contribution is -2.43. The molecule has 0 bridgehead atoms. The number of hydrogen-bond acceptors (Lipinski definition) is 4. The van der Waals surface area contributed by atoms with E-state index in [-0.39, 0.29) is 18.4 Å². The van der Waals surface area contributed by atoms with E-state index in [9.17, 15) is 13.2 Å². The standard InChI is InChI=1S/C14H30N2O4S/c1-6-7-8-10-14(2,3)12-15-21(18,19)16(4)11-9-13(17)20-5/h15H,6-12H2,1-5H3. The Hall–Kier alpha value is -0.660. The Bertz CT molecular complexity index is 407. The predicted octanol–water partition coefficient (Wildman–Crippen LogP) is 1.92. The lowest BCUT2D eigenvalue weighted by Gasteiger charge is -2.26. The number of unbranched alkanes of at least 4 members (excludes halogenated alkanes) is 2. The minimum atomic E-state index is -3.55. The fraction of sp³-hybridized carbons (Fsp3) is 0.929. The highest BCUT2D eigenvalue weighted by Crippen LogP contribution is 2.23. The maximum Gasteiger partial charge on any atom is 0.306 e. The number of nitrogens with zero attached hydrogens (tertiary/aromatic N) is 1. The molecule has 0 aromatic carbocycles. The molecule has 0 aromatic heterocycles. The number of nitrogens with one attached hydrogen (secondary N) is 1. The summed E-state index contributed by atoms with van der Waals surface area (Å²) in [5, 5.41) is 0. The van der Waals surface area contributed by atoms with Gasteiger partial charge in [-0.25, -0.2) is 4.72 Å². The van der Waals surface area contributed by atoms with Crippen LogP contribution in [0.5, 0.6) is 0 Å². The maximum absolute atomic E-state index is 12.1. The summed E-state index contributed by atoms with van der Waals surface area (Å²) >= 11 is 0. The van der Waals surface area contributed by atoms with Gasteiger partial charge in [0.05, 0.1) is 13.5 Å². The Balaban J connectivity index is 4.30. The summed E-state index contributed by atoms with van der Waals surface area (Å²) in [6.45, 7) is 6.76. The fourth-order valence-electron chi connectivity index (χ4n) is 1.81. The van der Waals surface area contributed by atoms with Crippen LogP contribution in [-0.4, -0.2) is 45.9 Å². The SMILES string of the molecule is CCCCCC(C)(C)CNS(=O)(=O)N(C)CCC(=O)OC. The van der Waals surface area contributed by atoms with E-state index in [0.29, 0.717) is 6.54 Å². The number of esters is 1. The highest BCUT2D eigenvalue weighted by atomic mass is 32.2. The molecule has 0 saturated heterocycles. The lowest BCUT2D eigenvalue weighted by molar-refractivity contribution is -0.140. The summed E-state index contributed by atoms with van der Waals surface area (Å²) < 4.78 is 32.4. The second-order valence-corrected chi connectivity index (χ2v) is 7.96. The van der Waals surface area contributed by atoms with Crippen molar-refractivity contribution in [3.05, 3.63) is 0 Å². The van der Waals surface area contributed by atoms with Crippen LogP contribution in [0.25, 0.3) is 0 Å². The van der Waals surface area contributed by atoms with Crippen LogP contribution in [0.2, 0.25) is 0 Å². The van der Waals surface area contributed by atoms with Crippen molar-refractivity contribution in [3.8, 4) is 0 Å². The van der Waals surface area contributed by atoms with Gasteiger partial charge in [-0.15, -0.1) is 0 Å².